The van der Waals surface area contributed by atoms with E-state index < -0.39 is 12.1 Å². The molecule has 1 amide bonds. The van der Waals surface area contributed by atoms with Gasteiger partial charge in [-0.3, -0.25) is 4.79 Å². The fourth-order valence-electron chi connectivity index (χ4n) is 4.84. The first kappa shape index (κ1) is 47.5. The zero-order valence-electron chi connectivity index (χ0n) is 32.3. The van der Waals surface area contributed by atoms with E-state index in [-0.39, 0.29) is 12.5 Å². The summed E-state index contributed by atoms with van der Waals surface area (Å²) in [5.41, 5.74) is 0. The number of aliphatic hydroxyl groups is 2. The molecule has 0 saturated carbocycles. The number of amides is 1. The van der Waals surface area contributed by atoms with Gasteiger partial charge in [0.15, 0.2) is 0 Å². The van der Waals surface area contributed by atoms with Crippen molar-refractivity contribution in [1.82, 2.24) is 5.32 Å². The van der Waals surface area contributed by atoms with Crippen LogP contribution in [0.5, 0.6) is 0 Å². The molecule has 0 radical (unpaired) electrons. The molecule has 0 aliphatic heterocycles. The minimum Gasteiger partial charge on any atom is -0.394 e. The summed E-state index contributed by atoms with van der Waals surface area (Å²) in [4.78, 5) is 12.3. The molecular weight excluding hydrogens is 627 g/mol. The molecule has 0 aromatic rings. The molecule has 0 fully saturated rings. The molecule has 284 valence electrons. The molecule has 0 heterocycles. The molecule has 51 heavy (non-hydrogen) atoms. The second-order valence-electron chi connectivity index (χ2n) is 12.6. The van der Waals surface area contributed by atoms with Gasteiger partial charge in [-0.1, -0.05) is 167 Å². The van der Waals surface area contributed by atoms with Crippen LogP contribution in [0.25, 0.3) is 0 Å². The fraction of sp³-hybridized carbons (Fsp3) is 0.511. The predicted octanol–water partition coefficient (Wildman–Crippen LogP) is 12.4. The van der Waals surface area contributed by atoms with Crippen LogP contribution in [-0.4, -0.2) is 34.9 Å². The highest BCUT2D eigenvalue weighted by atomic mass is 16.3. The Balaban J connectivity index is 3.83. The maximum absolute atomic E-state index is 12.3. The summed E-state index contributed by atoms with van der Waals surface area (Å²) >= 11 is 0. The van der Waals surface area contributed by atoms with Crippen LogP contribution >= 0.6 is 0 Å². The van der Waals surface area contributed by atoms with Crippen LogP contribution in [0, 0.1) is 0 Å². The number of aliphatic hydroxyl groups excluding tert-OH is 2. The lowest BCUT2D eigenvalue weighted by Crippen LogP contribution is -2.45. The van der Waals surface area contributed by atoms with Crippen molar-refractivity contribution in [3.8, 4) is 0 Å². The van der Waals surface area contributed by atoms with Gasteiger partial charge in [-0.15, -0.1) is 0 Å². The topological polar surface area (TPSA) is 69.6 Å². The van der Waals surface area contributed by atoms with E-state index in [9.17, 15) is 15.0 Å². The number of carbonyl (C=O) groups excluding carboxylic acids is 1. The quantitative estimate of drug-likeness (QED) is 0.0472. The maximum atomic E-state index is 12.3. The van der Waals surface area contributed by atoms with Gasteiger partial charge < -0.3 is 15.5 Å². The summed E-state index contributed by atoms with van der Waals surface area (Å²) in [6.45, 7) is 4.09. The fourth-order valence-corrected chi connectivity index (χ4v) is 4.84. The van der Waals surface area contributed by atoms with E-state index in [1.54, 1.807) is 6.08 Å². The summed E-state index contributed by atoms with van der Waals surface area (Å²) in [5.74, 6) is -0.142. The largest absolute Gasteiger partial charge is 0.394 e. The molecule has 0 rings (SSSR count). The minimum atomic E-state index is -0.893. The second-order valence-corrected chi connectivity index (χ2v) is 12.6. The summed E-state index contributed by atoms with van der Waals surface area (Å²) in [6, 6.07) is -0.678. The Morgan fingerprint density at radius 3 is 1.33 bits per heavy atom. The summed E-state index contributed by atoms with van der Waals surface area (Å²) in [7, 11) is 0. The smallest absolute Gasteiger partial charge is 0.220 e. The number of carbonyl (C=O) groups is 1. The summed E-state index contributed by atoms with van der Waals surface area (Å²) in [6.07, 6.45) is 65.5. The highest BCUT2D eigenvalue weighted by Crippen LogP contribution is 2.06. The Morgan fingerprint density at radius 1 is 0.490 bits per heavy atom. The predicted molar refractivity (Wildman–Crippen MR) is 225 cm³/mol. The number of rotatable bonds is 33. The average molecular weight is 700 g/mol. The van der Waals surface area contributed by atoms with Crippen LogP contribution in [0.4, 0.5) is 0 Å². The Labute approximate surface area is 313 Å². The van der Waals surface area contributed by atoms with Crippen LogP contribution in [0.3, 0.4) is 0 Å². The molecule has 0 aliphatic carbocycles. The Bertz CT molecular complexity index is 1110. The van der Waals surface area contributed by atoms with Gasteiger partial charge in [0.25, 0.3) is 0 Å². The van der Waals surface area contributed by atoms with E-state index >= 15 is 0 Å². The molecule has 0 saturated heterocycles. The molecule has 0 bridgehead atoms. The van der Waals surface area contributed by atoms with Crippen molar-refractivity contribution in [2.45, 2.75) is 148 Å². The van der Waals surface area contributed by atoms with Crippen molar-refractivity contribution < 1.29 is 15.0 Å². The van der Waals surface area contributed by atoms with Crippen LogP contribution < -0.4 is 5.32 Å². The Kier molecular flexibility index (Phi) is 38.2. The molecular formula is C47H73NO3. The lowest BCUT2D eigenvalue weighted by Gasteiger charge is -2.19. The van der Waals surface area contributed by atoms with Gasteiger partial charge in [0.05, 0.1) is 18.8 Å². The third-order valence-corrected chi connectivity index (χ3v) is 7.87. The third-order valence-electron chi connectivity index (χ3n) is 7.87. The lowest BCUT2D eigenvalue weighted by atomic mass is 10.1. The molecule has 0 spiro atoms. The molecule has 2 atom stereocenters. The van der Waals surface area contributed by atoms with Crippen LogP contribution in [0.1, 0.15) is 136 Å². The minimum absolute atomic E-state index is 0.142. The highest BCUT2D eigenvalue weighted by Gasteiger charge is 2.17. The zero-order chi connectivity index (χ0) is 37.1. The average Bonchev–Trinajstić information content (AvgIpc) is 3.13. The molecule has 0 aromatic carbocycles. The van der Waals surface area contributed by atoms with Gasteiger partial charge in [0, 0.05) is 6.42 Å². The van der Waals surface area contributed by atoms with E-state index in [1.165, 1.54) is 25.7 Å². The van der Waals surface area contributed by atoms with Crippen molar-refractivity contribution in [2.75, 3.05) is 6.61 Å². The van der Waals surface area contributed by atoms with Crippen molar-refractivity contribution >= 4 is 5.91 Å². The molecule has 4 heteroatoms. The van der Waals surface area contributed by atoms with Crippen molar-refractivity contribution in [2.24, 2.45) is 0 Å². The summed E-state index contributed by atoms with van der Waals surface area (Å²) < 4.78 is 0. The van der Waals surface area contributed by atoms with Crippen molar-refractivity contribution in [1.29, 1.82) is 0 Å². The van der Waals surface area contributed by atoms with E-state index in [0.29, 0.717) is 6.42 Å². The zero-order valence-corrected chi connectivity index (χ0v) is 32.3. The van der Waals surface area contributed by atoms with E-state index in [4.69, 9.17) is 0 Å². The summed E-state index contributed by atoms with van der Waals surface area (Å²) in [5, 5.41) is 22.8. The van der Waals surface area contributed by atoms with Gasteiger partial charge in [-0.2, -0.15) is 0 Å². The van der Waals surface area contributed by atoms with Crippen molar-refractivity contribution in [3.05, 3.63) is 134 Å². The van der Waals surface area contributed by atoms with Gasteiger partial charge in [-0.25, -0.2) is 0 Å². The van der Waals surface area contributed by atoms with Gasteiger partial charge >= 0.3 is 0 Å². The first-order valence-electron chi connectivity index (χ1n) is 19.9. The second kappa shape index (κ2) is 41.0. The SMILES string of the molecule is CC/C=C\C/C=C\C/C=C\C/C=C\C/C=C\C/C=C\C/C=C\C/C=C\C/C=C\CCCC(=O)NC(CO)C(O)/C=C/CC/C=C/CCCCCC. The van der Waals surface area contributed by atoms with Crippen LogP contribution in [0.2, 0.25) is 0 Å². The van der Waals surface area contributed by atoms with Crippen LogP contribution in [-0.2, 0) is 4.79 Å². The maximum Gasteiger partial charge on any atom is 0.220 e. The van der Waals surface area contributed by atoms with Crippen LogP contribution in [0.15, 0.2) is 134 Å². The molecule has 0 aromatic heterocycles. The normalized spacial score (nSPS) is 14.5. The van der Waals surface area contributed by atoms with Crippen molar-refractivity contribution in [3.63, 3.8) is 0 Å². The Hall–Kier alpha value is -3.47. The Morgan fingerprint density at radius 2 is 0.882 bits per heavy atom. The number of unbranched alkanes of at least 4 members (excludes halogenated alkanes) is 6. The number of allylic oxidation sites excluding steroid dienone is 21. The first-order chi connectivity index (χ1) is 25.2. The first-order valence-corrected chi connectivity index (χ1v) is 19.9. The third kappa shape index (κ3) is 37.6. The van der Waals surface area contributed by atoms with E-state index in [2.05, 4.69) is 141 Å². The molecule has 4 nitrogen and oxygen atoms in total. The standard InChI is InChI=1S/C47H73NO3/c1-3-5-7-9-11-13-15-16-17-18-19-20-21-22-23-24-25-26-27-28-29-30-31-32-33-35-37-39-41-43-47(51)48-45(44-49)46(50)42-40-38-36-34-14-12-10-8-6-4-2/h5,7,11,13-14,16-17,19-20,22-23,25-26,28-29,31-32,34-35,37,40,42,45-46,49-50H,3-4,6,8-10,12,15,18,21,24,27,30,33,36,38-39,41,43-44H2,1-2H3,(H,48,51)/b7-5-,13-11-,17-16-,20-19-,23-22-,26-25-,29-28-,32-31-,34-14+,37-35-,42-40+. The van der Waals surface area contributed by atoms with Gasteiger partial charge in [0.1, 0.15) is 0 Å². The number of hydrogen-bond acceptors (Lipinski definition) is 3. The molecule has 2 unspecified atom stereocenters. The highest BCUT2D eigenvalue weighted by molar-refractivity contribution is 5.76. The monoisotopic (exact) mass is 700 g/mol. The molecule has 0 aliphatic rings. The number of nitrogens with one attached hydrogen (secondary N) is 1. The van der Waals surface area contributed by atoms with E-state index in [0.717, 1.165) is 89.9 Å². The van der Waals surface area contributed by atoms with Gasteiger partial charge in [-0.05, 0) is 96.3 Å². The lowest BCUT2D eigenvalue weighted by molar-refractivity contribution is -0.122. The van der Waals surface area contributed by atoms with Gasteiger partial charge in [0.2, 0.25) is 5.91 Å². The van der Waals surface area contributed by atoms with E-state index in [1.807, 2.05) is 6.08 Å². The number of hydrogen-bond donors (Lipinski definition) is 3. The molecule has 3 N–H and O–H groups in total.